The zero-order chi connectivity index (χ0) is 10.7. The molecule has 1 aromatic rings. The van der Waals surface area contributed by atoms with Gasteiger partial charge in [0.25, 0.3) is 0 Å². The third-order valence-corrected chi connectivity index (χ3v) is 3.33. The lowest BCUT2D eigenvalue weighted by molar-refractivity contribution is 0.110. The van der Waals surface area contributed by atoms with Crippen molar-refractivity contribution >= 4 is 15.9 Å². The summed E-state index contributed by atoms with van der Waals surface area (Å²) in [5.74, 6) is 1.69. The van der Waals surface area contributed by atoms with E-state index in [-0.39, 0.29) is 0 Å². The van der Waals surface area contributed by atoms with Gasteiger partial charge in [-0.1, -0.05) is 15.9 Å². The molecule has 0 aliphatic heterocycles. The number of ether oxygens (including phenoxy) is 2. The molecule has 1 aliphatic carbocycles. The zero-order valence-corrected chi connectivity index (χ0v) is 10.4. The molecule has 1 aromatic carbocycles. The first-order valence-electron chi connectivity index (χ1n) is 5.20. The average Bonchev–Trinajstić information content (AvgIpc) is 3.05. The zero-order valence-electron chi connectivity index (χ0n) is 8.83. The molecule has 1 fully saturated rings. The van der Waals surface area contributed by atoms with Gasteiger partial charge in [-0.3, -0.25) is 0 Å². The standard InChI is InChI=1S/C12H15BrO2/c1-14-11-4-5-12(13)10(6-11)8-15-7-9-2-3-9/h4-6,9H,2-3,7-8H2,1H3. The van der Waals surface area contributed by atoms with Gasteiger partial charge in [-0.2, -0.15) is 0 Å². The second kappa shape index (κ2) is 4.99. The maximum Gasteiger partial charge on any atom is 0.119 e. The van der Waals surface area contributed by atoms with Crippen molar-refractivity contribution in [3.63, 3.8) is 0 Å². The number of hydrogen-bond acceptors (Lipinski definition) is 2. The number of methoxy groups -OCH3 is 1. The predicted molar refractivity (Wildman–Crippen MR) is 63.1 cm³/mol. The quantitative estimate of drug-likeness (QED) is 0.817. The molecule has 1 saturated carbocycles. The normalized spacial score (nSPS) is 15.3. The van der Waals surface area contributed by atoms with Crippen molar-refractivity contribution in [1.82, 2.24) is 0 Å². The third kappa shape index (κ3) is 3.21. The highest BCUT2D eigenvalue weighted by Gasteiger charge is 2.21. The van der Waals surface area contributed by atoms with Crippen LogP contribution in [0.15, 0.2) is 22.7 Å². The predicted octanol–water partition coefficient (Wildman–Crippen LogP) is 3.38. The molecular weight excluding hydrogens is 256 g/mol. The van der Waals surface area contributed by atoms with Crippen molar-refractivity contribution in [3.05, 3.63) is 28.2 Å². The average molecular weight is 271 g/mol. The van der Waals surface area contributed by atoms with Crippen molar-refractivity contribution in [3.8, 4) is 5.75 Å². The van der Waals surface area contributed by atoms with Crippen molar-refractivity contribution in [2.75, 3.05) is 13.7 Å². The summed E-state index contributed by atoms with van der Waals surface area (Å²) < 4.78 is 11.9. The molecule has 1 aliphatic rings. The summed E-state index contributed by atoms with van der Waals surface area (Å²) >= 11 is 3.51. The Hall–Kier alpha value is -0.540. The topological polar surface area (TPSA) is 18.5 Å². The van der Waals surface area contributed by atoms with Gasteiger partial charge < -0.3 is 9.47 Å². The lowest BCUT2D eigenvalue weighted by atomic mass is 10.2. The van der Waals surface area contributed by atoms with E-state index in [0.717, 1.165) is 28.3 Å². The van der Waals surface area contributed by atoms with Gasteiger partial charge in [-0.25, -0.2) is 0 Å². The summed E-state index contributed by atoms with van der Waals surface area (Å²) in [5, 5.41) is 0. The van der Waals surface area contributed by atoms with Gasteiger partial charge in [0, 0.05) is 11.1 Å². The Bertz CT molecular complexity index is 334. The van der Waals surface area contributed by atoms with Crippen LogP contribution in [-0.2, 0) is 11.3 Å². The highest BCUT2D eigenvalue weighted by Crippen LogP contribution is 2.30. The lowest BCUT2D eigenvalue weighted by Gasteiger charge is -2.07. The number of halogens is 1. The first kappa shape index (κ1) is 11.0. The Labute approximate surface area is 98.7 Å². The molecule has 82 valence electrons. The minimum absolute atomic E-state index is 0.661. The SMILES string of the molecule is COc1ccc(Br)c(COCC2CC2)c1. The minimum Gasteiger partial charge on any atom is -0.497 e. The third-order valence-electron chi connectivity index (χ3n) is 2.56. The number of hydrogen-bond donors (Lipinski definition) is 0. The Morgan fingerprint density at radius 3 is 2.87 bits per heavy atom. The molecule has 2 rings (SSSR count). The van der Waals surface area contributed by atoms with E-state index in [2.05, 4.69) is 15.9 Å². The first-order chi connectivity index (χ1) is 7.29. The molecule has 0 saturated heterocycles. The van der Waals surface area contributed by atoms with Crippen LogP contribution in [0.4, 0.5) is 0 Å². The van der Waals surface area contributed by atoms with Gasteiger partial charge in [0.1, 0.15) is 5.75 Å². The summed E-state index contributed by atoms with van der Waals surface area (Å²) in [6, 6.07) is 5.94. The van der Waals surface area contributed by atoms with Crippen LogP contribution in [-0.4, -0.2) is 13.7 Å². The monoisotopic (exact) mass is 270 g/mol. The van der Waals surface area contributed by atoms with Gasteiger partial charge in [-0.15, -0.1) is 0 Å². The van der Waals surface area contributed by atoms with Gasteiger partial charge >= 0.3 is 0 Å². The van der Waals surface area contributed by atoms with E-state index in [1.165, 1.54) is 12.8 Å². The Morgan fingerprint density at radius 2 is 2.20 bits per heavy atom. The Morgan fingerprint density at radius 1 is 1.40 bits per heavy atom. The van der Waals surface area contributed by atoms with E-state index >= 15 is 0 Å². The van der Waals surface area contributed by atoms with Crippen LogP contribution in [0, 0.1) is 5.92 Å². The summed E-state index contributed by atoms with van der Waals surface area (Å²) in [6.07, 6.45) is 2.67. The smallest absolute Gasteiger partial charge is 0.119 e. The lowest BCUT2D eigenvalue weighted by Crippen LogP contribution is -1.98. The van der Waals surface area contributed by atoms with Crippen LogP contribution in [0.5, 0.6) is 5.75 Å². The fourth-order valence-corrected chi connectivity index (χ4v) is 1.77. The molecule has 2 nitrogen and oxygen atoms in total. The summed E-state index contributed by atoms with van der Waals surface area (Å²) in [5.41, 5.74) is 1.15. The van der Waals surface area contributed by atoms with Crippen LogP contribution < -0.4 is 4.74 Å². The molecule has 3 heteroatoms. The molecule has 15 heavy (non-hydrogen) atoms. The van der Waals surface area contributed by atoms with Crippen LogP contribution >= 0.6 is 15.9 Å². The minimum atomic E-state index is 0.661. The summed E-state index contributed by atoms with van der Waals surface area (Å²) in [6.45, 7) is 1.55. The Balaban J connectivity index is 1.92. The van der Waals surface area contributed by atoms with E-state index in [9.17, 15) is 0 Å². The second-order valence-corrected chi connectivity index (χ2v) is 4.77. The maximum atomic E-state index is 5.64. The largest absolute Gasteiger partial charge is 0.497 e. The van der Waals surface area contributed by atoms with E-state index in [4.69, 9.17) is 9.47 Å². The van der Waals surface area contributed by atoms with Gasteiger partial charge in [0.05, 0.1) is 13.7 Å². The van der Waals surface area contributed by atoms with Gasteiger partial charge in [-0.05, 0) is 42.5 Å². The first-order valence-corrected chi connectivity index (χ1v) is 5.99. The highest BCUT2D eigenvalue weighted by molar-refractivity contribution is 9.10. The maximum absolute atomic E-state index is 5.64. The molecule has 0 N–H and O–H groups in total. The molecule has 0 amide bonds. The molecule has 0 spiro atoms. The van der Waals surface area contributed by atoms with E-state index < -0.39 is 0 Å². The highest BCUT2D eigenvalue weighted by atomic mass is 79.9. The van der Waals surface area contributed by atoms with Crippen LogP contribution in [0.25, 0.3) is 0 Å². The van der Waals surface area contributed by atoms with E-state index in [0.29, 0.717) is 6.61 Å². The fraction of sp³-hybridized carbons (Fsp3) is 0.500. The van der Waals surface area contributed by atoms with Crippen LogP contribution in [0.3, 0.4) is 0 Å². The molecule has 0 heterocycles. The molecule has 0 radical (unpaired) electrons. The van der Waals surface area contributed by atoms with Crippen molar-refractivity contribution < 1.29 is 9.47 Å². The van der Waals surface area contributed by atoms with Crippen molar-refractivity contribution in [2.24, 2.45) is 5.92 Å². The molecule has 0 aromatic heterocycles. The molecule has 0 bridgehead atoms. The molecule has 0 atom stereocenters. The van der Waals surface area contributed by atoms with E-state index in [1.807, 2.05) is 18.2 Å². The summed E-state index contributed by atoms with van der Waals surface area (Å²) in [4.78, 5) is 0. The van der Waals surface area contributed by atoms with Crippen LogP contribution in [0.2, 0.25) is 0 Å². The fourth-order valence-electron chi connectivity index (χ4n) is 1.41. The van der Waals surface area contributed by atoms with Gasteiger partial charge in [0.2, 0.25) is 0 Å². The molecule has 0 unspecified atom stereocenters. The number of rotatable bonds is 5. The summed E-state index contributed by atoms with van der Waals surface area (Å²) in [7, 11) is 1.68. The number of benzene rings is 1. The van der Waals surface area contributed by atoms with Crippen molar-refractivity contribution in [1.29, 1.82) is 0 Å². The van der Waals surface area contributed by atoms with Crippen molar-refractivity contribution in [2.45, 2.75) is 19.4 Å². The Kier molecular flexibility index (Phi) is 3.65. The second-order valence-electron chi connectivity index (χ2n) is 3.92. The van der Waals surface area contributed by atoms with Crippen LogP contribution in [0.1, 0.15) is 18.4 Å². The van der Waals surface area contributed by atoms with Gasteiger partial charge in [0.15, 0.2) is 0 Å². The molecular formula is C12H15BrO2. The van der Waals surface area contributed by atoms with E-state index in [1.54, 1.807) is 7.11 Å².